The van der Waals surface area contributed by atoms with Crippen molar-refractivity contribution in [3.63, 3.8) is 0 Å². The molecule has 3 amide bonds. The van der Waals surface area contributed by atoms with E-state index in [1.54, 1.807) is 15.9 Å². The number of aryl methyl sites for hydroxylation is 1. The van der Waals surface area contributed by atoms with E-state index in [-0.39, 0.29) is 45.9 Å². The van der Waals surface area contributed by atoms with E-state index in [4.69, 9.17) is 23.2 Å². The van der Waals surface area contributed by atoms with Gasteiger partial charge in [0.05, 0.1) is 23.1 Å². The summed E-state index contributed by atoms with van der Waals surface area (Å²) in [5.74, 6) is -1.02. The third-order valence-electron chi connectivity index (χ3n) is 8.25. The molecule has 2 fully saturated rings. The number of nitrogens with zero attached hydrogens (tertiary/aromatic N) is 2. The molecule has 42 heavy (non-hydrogen) atoms. The molecule has 0 bridgehead atoms. The van der Waals surface area contributed by atoms with Crippen LogP contribution in [0.5, 0.6) is 0 Å². The number of H-pyrrole nitrogens is 1. The highest BCUT2D eigenvalue weighted by Gasteiger charge is 2.65. The Labute approximate surface area is 254 Å². The average molecular weight is 635 g/mol. The summed E-state index contributed by atoms with van der Waals surface area (Å²) in [6.07, 6.45) is 0. The van der Waals surface area contributed by atoms with Crippen LogP contribution in [-0.4, -0.2) is 78.2 Å². The van der Waals surface area contributed by atoms with Crippen LogP contribution in [0.15, 0.2) is 47.4 Å². The minimum Gasteiger partial charge on any atom is -0.351 e. The van der Waals surface area contributed by atoms with Crippen LogP contribution in [0.1, 0.15) is 43.7 Å². The van der Waals surface area contributed by atoms with Gasteiger partial charge in [-0.2, -0.15) is 0 Å². The SMILES string of the molecule is Cc1cccc2[nH]c(C(=O)N[C@H](C(=O)N3C[C@H]4N(C(=O)CNS(=O)(=O)c5cc(Cl)ccc5Cl)CC43C)C(C)(C)C)cc12. The molecule has 13 heteroatoms. The van der Waals surface area contributed by atoms with E-state index in [2.05, 4.69) is 15.0 Å². The predicted molar refractivity (Wildman–Crippen MR) is 161 cm³/mol. The van der Waals surface area contributed by atoms with Crippen LogP contribution in [0.3, 0.4) is 0 Å². The number of benzene rings is 2. The number of likely N-dealkylation sites (tertiary alicyclic amines) is 2. The fourth-order valence-electron chi connectivity index (χ4n) is 5.68. The number of sulfonamides is 1. The fraction of sp³-hybridized carbons (Fsp3) is 0.414. The van der Waals surface area contributed by atoms with Crippen LogP contribution in [-0.2, 0) is 19.6 Å². The number of hydrogen-bond acceptors (Lipinski definition) is 5. The molecule has 5 rings (SSSR count). The maximum Gasteiger partial charge on any atom is 0.268 e. The first-order valence-electron chi connectivity index (χ1n) is 13.5. The van der Waals surface area contributed by atoms with Gasteiger partial charge in [-0.3, -0.25) is 14.4 Å². The largest absolute Gasteiger partial charge is 0.351 e. The fourth-order valence-corrected chi connectivity index (χ4v) is 7.41. The predicted octanol–water partition coefficient (Wildman–Crippen LogP) is 3.72. The van der Waals surface area contributed by atoms with Crippen molar-refractivity contribution >= 4 is 61.8 Å². The number of halogens is 2. The summed E-state index contributed by atoms with van der Waals surface area (Å²) >= 11 is 11.9. The first-order valence-corrected chi connectivity index (χ1v) is 15.7. The van der Waals surface area contributed by atoms with Gasteiger partial charge in [-0.25, -0.2) is 13.1 Å². The van der Waals surface area contributed by atoms with Crippen LogP contribution in [0, 0.1) is 12.3 Å². The van der Waals surface area contributed by atoms with Gasteiger partial charge in [0.15, 0.2) is 0 Å². The summed E-state index contributed by atoms with van der Waals surface area (Å²) in [7, 11) is -4.07. The zero-order valence-corrected chi connectivity index (χ0v) is 26.2. The number of aromatic amines is 1. The summed E-state index contributed by atoms with van der Waals surface area (Å²) in [6.45, 7) is 9.59. The lowest BCUT2D eigenvalue weighted by Crippen LogP contribution is -2.89. The van der Waals surface area contributed by atoms with Gasteiger partial charge in [0.2, 0.25) is 21.8 Å². The Morgan fingerprint density at radius 2 is 1.86 bits per heavy atom. The number of amides is 3. The van der Waals surface area contributed by atoms with Gasteiger partial charge in [0.25, 0.3) is 5.91 Å². The molecular weight excluding hydrogens is 601 g/mol. The summed E-state index contributed by atoms with van der Waals surface area (Å²) in [4.78, 5) is 46.2. The Balaban J connectivity index is 1.23. The molecule has 3 heterocycles. The Morgan fingerprint density at radius 3 is 2.48 bits per heavy atom. The summed E-state index contributed by atoms with van der Waals surface area (Å²) < 4.78 is 27.7. The van der Waals surface area contributed by atoms with Crippen molar-refractivity contribution in [1.29, 1.82) is 0 Å². The van der Waals surface area contributed by atoms with Crippen molar-refractivity contribution in [2.45, 2.75) is 57.1 Å². The van der Waals surface area contributed by atoms with E-state index < -0.39 is 39.5 Å². The van der Waals surface area contributed by atoms with Gasteiger partial charge < -0.3 is 20.1 Å². The summed E-state index contributed by atoms with van der Waals surface area (Å²) in [5.41, 5.74) is 1.05. The van der Waals surface area contributed by atoms with E-state index in [0.717, 1.165) is 16.5 Å². The molecule has 0 saturated carbocycles. The molecule has 10 nitrogen and oxygen atoms in total. The minimum atomic E-state index is -4.07. The van der Waals surface area contributed by atoms with Crippen LogP contribution in [0.4, 0.5) is 0 Å². The number of carbonyl (C=O) groups excluding carboxylic acids is 3. The second-order valence-electron chi connectivity index (χ2n) is 12.2. The van der Waals surface area contributed by atoms with Crippen LogP contribution in [0.25, 0.3) is 10.9 Å². The van der Waals surface area contributed by atoms with Crippen molar-refractivity contribution in [3.8, 4) is 0 Å². The first kappa shape index (κ1) is 30.3. The van der Waals surface area contributed by atoms with Crippen LogP contribution in [0.2, 0.25) is 10.0 Å². The van der Waals surface area contributed by atoms with Crippen LogP contribution < -0.4 is 10.0 Å². The molecule has 2 saturated heterocycles. The molecule has 2 aliphatic heterocycles. The third-order valence-corrected chi connectivity index (χ3v) is 10.4. The molecule has 2 aromatic carbocycles. The molecule has 1 aromatic heterocycles. The summed E-state index contributed by atoms with van der Waals surface area (Å²) in [5, 5.41) is 4.07. The molecule has 1 unspecified atom stereocenters. The molecule has 3 atom stereocenters. The lowest BCUT2D eigenvalue weighted by atomic mass is 9.70. The molecular formula is C29H33Cl2N5O5S. The monoisotopic (exact) mass is 633 g/mol. The maximum absolute atomic E-state index is 13.8. The molecule has 0 radical (unpaired) electrons. The van der Waals surface area contributed by atoms with Crippen molar-refractivity contribution in [3.05, 3.63) is 63.8 Å². The molecule has 0 aliphatic carbocycles. The number of fused-ring (bicyclic) bond motifs is 2. The van der Waals surface area contributed by atoms with E-state index >= 15 is 0 Å². The second kappa shape index (κ2) is 10.6. The van der Waals surface area contributed by atoms with Crippen molar-refractivity contribution in [1.82, 2.24) is 24.8 Å². The van der Waals surface area contributed by atoms with Crippen molar-refractivity contribution < 1.29 is 22.8 Å². The average Bonchev–Trinajstić information content (AvgIpc) is 3.36. The molecule has 2 aliphatic rings. The van der Waals surface area contributed by atoms with Crippen molar-refractivity contribution in [2.75, 3.05) is 19.6 Å². The lowest BCUT2D eigenvalue weighted by molar-refractivity contribution is -0.206. The molecule has 0 spiro atoms. The van der Waals surface area contributed by atoms with E-state index in [1.807, 2.05) is 52.8 Å². The number of nitrogens with one attached hydrogen (secondary N) is 3. The summed E-state index contributed by atoms with van der Waals surface area (Å²) in [6, 6.07) is 10.5. The van der Waals surface area contributed by atoms with Gasteiger partial charge in [-0.1, -0.05) is 56.1 Å². The highest BCUT2D eigenvalue weighted by molar-refractivity contribution is 7.89. The van der Waals surface area contributed by atoms with Gasteiger partial charge in [0, 0.05) is 29.0 Å². The highest BCUT2D eigenvalue weighted by atomic mass is 35.5. The minimum absolute atomic E-state index is 0.0100. The zero-order valence-electron chi connectivity index (χ0n) is 23.9. The molecule has 224 valence electrons. The van der Waals surface area contributed by atoms with Gasteiger partial charge in [-0.15, -0.1) is 0 Å². The Morgan fingerprint density at radius 1 is 1.14 bits per heavy atom. The number of piperazine rings is 1. The second-order valence-corrected chi connectivity index (χ2v) is 14.8. The zero-order chi connectivity index (χ0) is 30.8. The number of rotatable bonds is 7. The van der Waals surface area contributed by atoms with Gasteiger partial charge in [0.1, 0.15) is 16.6 Å². The molecule has 3 aromatic rings. The van der Waals surface area contributed by atoms with Crippen LogP contribution >= 0.6 is 23.2 Å². The van der Waals surface area contributed by atoms with E-state index in [9.17, 15) is 22.8 Å². The first-order chi connectivity index (χ1) is 19.5. The van der Waals surface area contributed by atoms with Gasteiger partial charge >= 0.3 is 0 Å². The highest BCUT2D eigenvalue weighted by Crippen LogP contribution is 2.45. The quantitative estimate of drug-likeness (QED) is 0.365. The smallest absolute Gasteiger partial charge is 0.268 e. The Kier molecular flexibility index (Phi) is 7.62. The van der Waals surface area contributed by atoms with Crippen molar-refractivity contribution in [2.24, 2.45) is 5.41 Å². The maximum atomic E-state index is 13.8. The number of carbonyl (C=O) groups is 3. The number of aromatic nitrogens is 1. The third kappa shape index (κ3) is 5.27. The Bertz CT molecular complexity index is 1720. The van der Waals surface area contributed by atoms with Gasteiger partial charge in [-0.05, 0) is 55.2 Å². The topological polar surface area (TPSA) is 132 Å². The Hall–Kier alpha value is -3.12. The molecule has 3 N–H and O–H groups in total. The van der Waals surface area contributed by atoms with E-state index in [1.165, 1.54) is 18.2 Å². The standard InChI is InChI=1S/C29H33Cl2N5O5S/c1-16-7-6-8-20-18(16)12-21(33-20)26(38)34-25(28(2,3)4)27(39)36-14-23-29(36,5)15-35(23)24(37)13-32-42(40,41)22-11-17(30)9-10-19(22)31/h6-12,23,25,32-33H,13-15H2,1-5H3,(H,34,38)/t23-,25-,29?/m1/s1. The normalized spacial score (nSPS) is 20.9. The number of hydrogen-bond donors (Lipinski definition) is 3. The van der Waals surface area contributed by atoms with E-state index in [0.29, 0.717) is 5.69 Å². The lowest BCUT2D eigenvalue weighted by Gasteiger charge is -2.69.